The monoisotopic (exact) mass is 281 g/mol. The summed E-state index contributed by atoms with van der Waals surface area (Å²) in [6.07, 6.45) is 1.93. The molecular weight excluding hydrogens is 258 g/mol. The maximum absolute atomic E-state index is 8.63. The molecule has 8 heteroatoms. The highest BCUT2D eigenvalue weighted by molar-refractivity contribution is 7.79. The largest absolute Gasteiger partial charge is 0.726 e. The fourth-order valence-electron chi connectivity index (χ4n) is 1.47. The first-order valence-corrected chi connectivity index (χ1v) is 6.66. The average molecular weight is 281 g/mol. The minimum Gasteiger partial charge on any atom is -0.726 e. The maximum Gasteiger partial charge on any atom is 0.349 e. The van der Waals surface area contributed by atoms with E-state index in [1.807, 2.05) is 6.08 Å². The predicted octanol–water partition coefficient (Wildman–Crippen LogP) is -0.311. The summed E-state index contributed by atoms with van der Waals surface area (Å²) in [5, 5.41) is 0. The van der Waals surface area contributed by atoms with Crippen LogP contribution in [0.25, 0.3) is 0 Å². The second-order valence-corrected chi connectivity index (χ2v) is 4.70. The van der Waals surface area contributed by atoms with Gasteiger partial charge in [-0.25, -0.2) is 8.42 Å². The summed E-state index contributed by atoms with van der Waals surface area (Å²) in [5.74, 6) is 1.21. The summed E-state index contributed by atoms with van der Waals surface area (Å²) < 4.78 is 35.0. The second-order valence-electron chi connectivity index (χ2n) is 3.84. The number of likely N-dealkylation sites (N-methyl/N-ethyl adjacent to an activating group) is 1. The molecule has 0 rings (SSSR count). The van der Waals surface area contributed by atoms with Crippen LogP contribution < -0.4 is 0 Å². The molecule has 0 bridgehead atoms. The van der Waals surface area contributed by atoms with Gasteiger partial charge in [0, 0.05) is 0 Å². The number of hydrogen-bond acceptors (Lipinski definition) is 3. The quantitative estimate of drug-likeness (QED) is 0.191. The van der Waals surface area contributed by atoms with Crippen LogP contribution in [-0.4, -0.2) is 79.1 Å². The van der Waals surface area contributed by atoms with Crippen molar-refractivity contribution in [2.45, 2.75) is 6.92 Å². The first-order chi connectivity index (χ1) is 8.04. The van der Waals surface area contributed by atoms with E-state index in [9.17, 15) is 0 Å². The molecule has 18 heavy (non-hydrogen) atoms. The summed E-state index contributed by atoms with van der Waals surface area (Å²) >= 11 is 0. The average Bonchev–Trinajstić information content (AvgIpc) is 2.12. The molecule has 0 aliphatic rings. The number of hydrogen-bond donors (Lipinski definition) is 1. The van der Waals surface area contributed by atoms with Gasteiger partial charge in [-0.15, -0.1) is 0 Å². The Balaban J connectivity index is 0. The summed E-state index contributed by atoms with van der Waals surface area (Å²) in [7, 11) is 3.31. The Labute approximate surface area is 110 Å². The molecule has 0 aromatic carbocycles. The molecule has 0 saturated carbocycles. The van der Waals surface area contributed by atoms with Gasteiger partial charge in [-0.3, -0.25) is 18.9 Å². The van der Waals surface area contributed by atoms with E-state index in [1.54, 1.807) is 0 Å². The van der Waals surface area contributed by atoms with E-state index in [4.69, 9.17) is 17.5 Å². The van der Waals surface area contributed by atoms with E-state index in [0.717, 1.165) is 13.1 Å². The molecule has 0 aromatic heterocycles. The first kappa shape index (κ1) is 19.2. The van der Waals surface area contributed by atoms with Gasteiger partial charge in [0.25, 0.3) is 0 Å². The Morgan fingerprint density at radius 3 is 2.00 bits per heavy atom. The van der Waals surface area contributed by atoms with Crippen LogP contribution in [-0.2, 0) is 10.4 Å². The molecule has 0 spiro atoms. The lowest BCUT2D eigenvalue weighted by molar-refractivity contribution is -0.475. The lowest BCUT2D eigenvalue weighted by Crippen LogP contribution is -2.45. The zero-order valence-electron chi connectivity index (χ0n) is 11.6. The lowest BCUT2D eigenvalue weighted by Gasteiger charge is -2.22. The third-order valence-electron chi connectivity index (χ3n) is 1.81. The summed E-state index contributed by atoms with van der Waals surface area (Å²) in [6, 6.07) is 0. The predicted molar refractivity (Wildman–Crippen MR) is 70.6 cm³/mol. The van der Waals surface area contributed by atoms with Crippen LogP contribution in [0.4, 0.5) is 0 Å². The maximum atomic E-state index is 8.63. The molecule has 0 amide bonds. The zero-order valence-corrected chi connectivity index (χ0v) is 12.4. The molecule has 0 aromatic rings. The van der Waals surface area contributed by atoms with Gasteiger partial charge in [0.1, 0.15) is 0 Å². The summed E-state index contributed by atoms with van der Waals surface area (Å²) in [5.41, 5.74) is 0. The van der Waals surface area contributed by atoms with Gasteiger partial charge >= 0.3 is 5.96 Å². The SMILES string of the molecule is C=CCN(CC)C(N(C)C)=[N+](C)C.O=S(=O)([O-])O. The van der Waals surface area contributed by atoms with E-state index < -0.39 is 10.4 Å². The molecule has 0 radical (unpaired) electrons. The Morgan fingerprint density at radius 1 is 1.44 bits per heavy atom. The van der Waals surface area contributed by atoms with Crippen molar-refractivity contribution in [3.8, 4) is 0 Å². The molecule has 0 saturated heterocycles. The van der Waals surface area contributed by atoms with Crippen molar-refractivity contribution in [3.05, 3.63) is 12.7 Å². The van der Waals surface area contributed by atoms with Gasteiger partial charge in [0.2, 0.25) is 10.4 Å². The van der Waals surface area contributed by atoms with Crippen LogP contribution >= 0.6 is 0 Å². The molecule has 0 fully saturated rings. The third-order valence-corrected chi connectivity index (χ3v) is 1.81. The van der Waals surface area contributed by atoms with Crippen molar-refractivity contribution in [3.63, 3.8) is 0 Å². The van der Waals surface area contributed by atoms with Crippen molar-refractivity contribution < 1.29 is 22.1 Å². The molecule has 0 atom stereocenters. The Morgan fingerprint density at radius 2 is 1.83 bits per heavy atom. The molecule has 0 aliphatic carbocycles. The van der Waals surface area contributed by atoms with Crippen LogP contribution in [0.2, 0.25) is 0 Å². The van der Waals surface area contributed by atoms with Gasteiger partial charge in [0.15, 0.2) is 0 Å². The standard InChI is InChI=1S/C10H22N3.H2O4S/c1-7-9-13(8-2)10(11(3)4)12(5)6;1-5(2,3)4/h7H,1,8-9H2,2-6H3;(H2,1,2,3,4)/q+1;/p-1. The Bertz CT molecular complexity index is 365. The van der Waals surface area contributed by atoms with Gasteiger partial charge in [-0.05, 0) is 6.92 Å². The summed E-state index contributed by atoms with van der Waals surface area (Å²) in [6.45, 7) is 7.80. The Kier molecular flexibility index (Phi) is 9.50. The van der Waals surface area contributed by atoms with Gasteiger partial charge in [0.05, 0.1) is 41.3 Å². The number of rotatable bonds is 3. The van der Waals surface area contributed by atoms with Crippen molar-refractivity contribution >= 4 is 16.4 Å². The molecular formula is C10H23N3O4S. The molecule has 108 valence electrons. The highest BCUT2D eigenvalue weighted by Crippen LogP contribution is 1.94. The third kappa shape index (κ3) is 11.4. The van der Waals surface area contributed by atoms with Crippen LogP contribution in [0.5, 0.6) is 0 Å². The molecule has 7 nitrogen and oxygen atoms in total. The van der Waals surface area contributed by atoms with E-state index in [2.05, 4.69) is 56.1 Å². The van der Waals surface area contributed by atoms with E-state index in [0.29, 0.717) is 0 Å². The first-order valence-electron chi connectivity index (χ1n) is 5.30. The number of guanidine groups is 1. The van der Waals surface area contributed by atoms with Crippen LogP contribution in [0, 0.1) is 0 Å². The van der Waals surface area contributed by atoms with Gasteiger partial charge in [-0.1, -0.05) is 12.7 Å². The second kappa shape index (κ2) is 8.90. The van der Waals surface area contributed by atoms with E-state index >= 15 is 0 Å². The van der Waals surface area contributed by atoms with Crippen molar-refractivity contribution in [2.75, 3.05) is 41.3 Å². The van der Waals surface area contributed by atoms with Gasteiger partial charge in [-0.2, -0.15) is 0 Å². The molecule has 0 unspecified atom stereocenters. The Hall–Kier alpha value is -1.12. The fourth-order valence-corrected chi connectivity index (χ4v) is 1.47. The van der Waals surface area contributed by atoms with Gasteiger partial charge < -0.3 is 4.55 Å². The molecule has 0 heterocycles. The minimum atomic E-state index is -4.92. The van der Waals surface area contributed by atoms with Crippen molar-refractivity contribution in [1.82, 2.24) is 9.80 Å². The fraction of sp³-hybridized carbons (Fsp3) is 0.700. The van der Waals surface area contributed by atoms with Crippen molar-refractivity contribution in [1.29, 1.82) is 0 Å². The lowest BCUT2D eigenvalue weighted by atomic mass is 10.5. The zero-order chi connectivity index (χ0) is 14.9. The summed E-state index contributed by atoms with van der Waals surface area (Å²) in [4.78, 5) is 4.39. The van der Waals surface area contributed by atoms with Crippen molar-refractivity contribution in [2.24, 2.45) is 0 Å². The molecule has 1 N–H and O–H groups in total. The minimum absolute atomic E-state index is 0.891. The van der Waals surface area contributed by atoms with E-state index in [1.165, 1.54) is 5.96 Å². The highest BCUT2D eigenvalue weighted by atomic mass is 32.3. The number of nitrogens with zero attached hydrogens (tertiary/aromatic N) is 3. The smallest absolute Gasteiger partial charge is 0.349 e. The van der Waals surface area contributed by atoms with Crippen LogP contribution in [0.15, 0.2) is 12.7 Å². The van der Waals surface area contributed by atoms with Crippen LogP contribution in [0.1, 0.15) is 6.92 Å². The topological polar surface area (TPSA) is 86.9 Å². The molecule has 0 aliphatic heterocycles. The highest BCUT2D eigenvalue weighted by Gasteiger charge is 2.18. The van der Waals surface area contributed by atoms with E-state index in [-0.39, 0.29) is 0 Å². The van der Waals surface area contributed by atoms with Crippen LogP contribution in [0.3, 0.4) is 0 Å². The normalized spacial score (nSPS) is 9.94.